The van der Waals surface area contributed by atoms with Crippen LogP contribution in [0.4, 0.5) is 5.69 Å². The van der Waals surface area contributed by atoms with E-state index in [0.717, 1.165) is 16.8 Å². The van der Waals surface area contributed by atoms with E-state index >= 15 is 0 Å². The number of benzene rings is 2. The molecule has 0 radical (unpaired) electrons. The van der Waals surface area contributed by atoms with Crippen molar-refractivity contribution in [3.05, 3.63) is 71.8 Å². The van der Waals surface area contributed by atoms with Gasteiger partial charge in [0.1, 0.15) is 0 Å². The lowest BCUT2D eigenvalue weighted by Gasteiger charge is -2.10. The first-order valence-corrected chi connectivity index (χ1v) is 5.94. The van der Waals surface area contributed by atoms with Gasteiger partial charge in [0, 0.05) is 11.3 Å². The Hall–Kier alpha value is -2.68. The molecule has 3 nitrogen and oxygen atoms in total. The van der Waals surface area contributed by atoms with Crippen LogP contribution in [0.5, 0.6) is 0 Å². The maximum Gasteiger partial charge on any atom is 0.0867 e. The minimum absolute atomic E-state index is 0.286. The Morgan fingerprint density at radius 1 is 0.737 bits per heavy atom. The molecule has 0 amide bonds. The molecule has 1 aliphatic rings. The second-order valence-corrected chi connectivity index (χ2v) is 4.12. The lowest BCUT2D eigenvalue weighted by molar-refractivity contribution is 1.45. The maximum atomic E-state index is 7.60. The highest BCUT2D eigenvalue weighted by atomic mass is 14.5. The molecule has 0 heterocycles. The van der Waals surface area contributed by atoms with E-state index in [1.165, 1.54) is 0 Å². The quantitative estimate of drug-likeness (QED) is 0.615. The molecule has 1 aliphatic carbocycles. The smallest absolute Gasteiger partial charge is 0.0867 e. The van der Waals surface area contributed by atoms with Crippen molar-refractivity contribution in [2.45, 2.75) is 0 Å². The minimum atomic E-state index is 0.286. The van der Waals surface area contributed by atoms with E-state index in [0.29, 0.717) is 5.71 Å². The number of nitrogens with two attached hydrogens (primary N) is 1. The Balaban J connectivity index is 0.000000163. The Bertz CT molecular complexity index is 627. The molecule has 0 fully saturated rings. The molecule has 3 heteroatoms. The fourth-order valence-electron chi connectivity index (χ4n) is 1.72. The van der Waals surface area contributed by atoms with Crippen LogP contribution in [-0.4, -0.2) is 11.4 Å². The van der Waals surface area contributed by atoms with Crippen LogP contribution in [-0.2, 0) is 0 Å². The zero-order chi connectivity index (χ0) is 13.7. The SMILES string of the molecule is N=C1C=Cc2ccccc2C1=N.Nc1ccccc1. The number of hydrogen-bond acceptors (Lipinski definition) is 3. The van der Waals surface area contributed by atoms with Gasteiger partial charge >= 0.3 is 0 Å². The third-order valence-electron chi connectivity index (χ3n) is 2.73. The monoisotopic (exact) mass is 249 g/mol. The Kier molecular flexibility index (Phi) is 3.88. The Morgan fingerprint density at radius 2 is 1.37 bits per heavy atom. The Labute approximate surface area is 112 Å². The predicted molar refractivity (Wildman–Crippen MR) is 80.9 cm³/mol. The number of nitrogens with one attached hydrogen (secondary N) is 2. The molecular formula is C16H15N3. The molecule has 0 unspecified atom stereocenters. The fraction of sp³-hybridized carbons (Fsp3) is 0. The van der Waals surface area contributed by atoms with E-state index in [-0.39, 0.29) is 5.71 Å². The Morgan fingerprint density at radius 3 is 2.00 bits per heavy atom. The van der Waals surface area contributed by atoms with Crippen LogP contribution in [0.1, 0.15) is 11.1 Å². The summed E-state index contributed by atoms with van der Waals surface area (Å²) in [5.41, 5.74) is 8.66. The second-order valence-electron chi connectivity index (χ2n) is 4.12. The van der Waals surface area contributed by atoms with Gasteiger partial charge in [0.25, 0.3) is 0 Å². The molecule has 0 atom stereocenters. The summed E-state index contributed by atoms with van der Waals surface area (Å²) in [5.74, 6) is 0. The third-order valence-corrected chi connectivity index (χ3v) is 2.73. The molecule has 2 aromatic carbocycles. The molecule has 4 N–H and O–H groups in total. The summed E-state index contributed by atoms with van der Waals surface area (Å²) in [6, 6.07) is 17.1. The zero-order valence-corrected chi connectivity index (χ0v) is 10.4. The van der Waals surface area contributed by atoms with Gasteiger partial charge in [0.05, 0.1) is 11.4 Å². The van der Waals surface area contributed by atoms with Gasteiger partial charge in [-0.25, -0.2) is 0 Å². The van der Waals surface area contributed by atoms with Crippen LogP contribution >= 0.6 is 0 Å². The lowest BCUT2D eigenvalue weighted by Crippen LogP contribution is -2.15. The molecular weight excluding hydrogens is 234 g/mol. The molecule has 94 valence electrons. The van der Waals surface area contributed by atoms with Gasteiger partial charge in [-0.2, -0.15) is 0 Å². The number of nitrogen functional groups attached to an aromatic ring is 1. The molecule has 0 bridgehead atoms. The van der Waals surface area contributed by atoms with Crippen LogP contribution in [0.25, 0.3) is 6.08 Å². The molecule has 2 aromatic rings. The normalized spacial score (nSPS) is 12.4. The number of allylic oxidation sites excluding steroid dienone is 1. The molecule has 0 saturated heterocycles. The number of para-hydroxylation sites is 1. The summed E-state index contributed by atoms with van der Waals surface area (Å²) in [6.45, 7) is 0. The van der Waals surface area contributed by atoms with E-state index in [1.54, 1.807) is 6.08 Å². The minimum Gasteiger partial charge on any atom is -0.399 e. The molecule has 0 aromatic heterocycles. The number of rotatable bonds is 0. The average molecular weight is 249 g/mol. The van der Waals surface area contributed by atoms with Crippen molar-refractivity contribution in [1.82, 2.24) is 0 Å². The van der Waals surface area contributed by atoms with Gasteiger partial charge < -0.3 is 5.73 Å². The van der Waals surface area contributed by atoms with Crippen molar-refractivity contribution in [3.8, 4) is 0 Å². The predicted octanol–water partition coefficient (Wildman–Crippen LogP) is 3.37. The largest absolute Gasteiger partial charge is 0.399 e. The van der Waals surface area contributed by atoms with E-state index in [4.69, 9.17) is 16.6 Å². The van der Waals surface area contributed by atoms with Crippen LogP contribution in [0.3, 0.4) is 0 Å². The summed E-state index contributed by atoms with van der Waals surface area (Å²) >= 11 is 0. The number of hydrogen-bond donors (Lipinski definition) is 3. The third kappa shape index (κ3) is 3.16. The summed E-state index contributed by atoms with van der Waals surface area (Å²) in [7, 11) is 0. The van der Waals surface area contributed by atoms with E-state index in [9.17, 15) is 0 Å². The summed E-state index contributed by atoms with van der Waals surface area (Å²) in [6.07, 6.45) is 3.53. The van der Waals surface area contributed by atoms with Crippen molar-refractivity contribution in [2.75, 3.05) is 5.73 Å². The van der Waals surface area contributed by atoms with E-state index in [1.807, 2.05) is 60.7 Å². The van der Waals surface area contributed by atoms with Crippen molar-refractivity contribution >= 4 is 23.2 Å². The van der Waals surface area contributed by atoms with Gasteiger partial charge in [-0.15, -0.1) is 0 Å². The first kappa shape index (κ1) is 12.8. The van der Waals surface area contributed by atoms with E-state index < -0.39 is 0 Å². The first-order valence-electron chi connectivity index (χ1n) is 5.94. The van der Waals surface area contributed by atoms with Crippen molar-refractivity contribution in [1.29, 1.82) is 10.8 Å². The highest BCUT2D eigenvalue weighted by Crippen LogP contribution is 2.16. The number of anilines is 1. The van der Waals surface area contributed by atoms with Crippen LogP contribution < -0.4 is 5.73 Å². The summed E-state index contributed by atoms with van der Waals surface area (Å²) in [4.78, 5) is 0. The van der Waals surface area contributed by atoms with Gasteiger partial charge in [-0.1, -0.05) is 48.5 Å². The lowest BCUT2D eigenvalue weighted by atomic mass is 9.94. The molecule has 0 aliphatic heterocycles. The van der Waals surface area contributed by atoms with Gasteiger partial charge in [-0.05, 0) is 23.8 Å². The summed E-state index contributed by atoms with van der Waals surface area (Å²) in [5, 5.41) is 15.0. The standard InChI is InChI=1S/C10H8N2.C6H7N/c11-9-6-5-7-3-1-2-4-8(7)10(9)12;7-6-4-2-1-3-5-6/h1-6,11-12H;1-5H,7H2. The van der Waals surface area contributed by atoms with Crippen molar-refractivity contribution in [3.63, 3.8) is 0 Å². The van der Waals surface area contributed by atoms with Gasteiger partial charge in [0.15, 0.2) is 0 Å². The highest BCUT2D eigenvalue weighted by molar-refractivity contribution is 6.52. The molecule has 3 rings (SSSR count). The van der Waals surface area contributed by atoms with Crippen molar-refractivity contribution < 1.29 is 0 Å². The second kappa shape index (κ2) is 5.78. The number of fused-ring (bicyclic) bond motifs is 1. The zero-order valence-electron chi connectivity index (χ0n) is 10.4. The fourth-order valence-corrected chi connectivity index (χ4v) is 1.72. The van der Waals surface area contributed by atoms with E-state index in [2.05, 4.69) is 0 Å². The van der Waals surface area contributed by atoms with Crippen molar-refractivity contribution in [2.24, 2.45) is 0 Å². The van der Waals surface area contributed by atoms with Crippen LogP contribution in [0, 0.1) is 10.8 Å². The molecule has 0 spiro atoms. The molecule has 0 saturated carbocycles. The van der Waals surface area contributed by atoms with Gasteiger partial charge in [-0.3, -0.25) is 10.8 Å². The highest BCUT2D eigenvalue weighted by Gasteiger charge is 2.12. The average Bonchev–Trinajstić information content (AvgIpc) is 2.45. The van der Waals surface area contributed by atoms with Crippen LogP contribution in [0.2, 0.25) is 0 Å². The van der Waals surface area contributed by atoms with Crippen LogP contribution in [0.15, 0.2) is 60.7 Å². The molecule has 19 heavy (non-hydrogen) atoms. The first-order chi connectivity index (χ1) is 9.18. The maximum absolute atomic E-state index is 7.60. The summed E-state index contributed by atoms with van der Waals surface area (Å²) < 4.78 is 0. The van der Waals surface area contributed by atoms with Gasteiger partial charge in [0.2, 0.25) is 0 Å². The topological polar surface area (TPSA) is 73.7 Å².